The third-order valence-corrected chi connectivity index (χ3v) is 7.08. The van der Waals surface area contributed by atoms with E-state index in [1.165, 1.54) is 11.8 Å². The molecule has 0 rings (SSSR count). The number of thiol groups is 1. The average Bonchev–Trinajstić information content (AvgIpc) is 2.97. The summed E-state index contributed by atoms with van der Waals surface area (Å²) in [6, 6.07) is -6.85. The van der Waals surface area contributed by atoms with E-state index in [9.17, 15) is 53.4 Å². The number of carbonyl (C=O) groups excluding carboxylic acids is 6. The van der Waals surface area contributed by atoms with Gasteiger partial charge in [0.25, 0.3) is 0 Å². The molecule has 0 bridgehead atoms. The third-order valence-electron chi connectivity index (χ3n) is 6.07. The molecule has 6 amide bonds. The Hall–Kier alpha value is -4.11. The van der Waals surface area contributed by atoms with Crippen LogP contribution >= 0.6 is 24.4 Å². The van der Waals surface area contributed by atoms with Gasteiger partial charge in [-0.2, -0.15) is 24.4 Å². The van der Waals surface area contributed by atoms with E-state index in [2.05, 4.69) is 44.5 Å². The average molecular weight is 712 g/mol. The Morgan fingerprint density at radius 3 is 1.79 bits per heavy atom. The van der Waals surface area contributed by atoms with E-state index in [1.807, 2.05) is 0 Å². The lowest BCUT2D eigenvalue weighted by molar-refractivity contribution is -0.143. The van der Waals surface area contributed by atoms with Gasteiger partial charge >= 0.3 is 17.9 Å². The Morgan fingerprint density at radius 1 is 0.745 bits per heavy atom. The van der Waals surface area contributed by atoms with E-state index in [-0.39, 0.29) is 37.1 Å². The summed E-state index contributed by atoms with van der Waals surface area (Å²) in [5.74, 6) is -8.75. The second kappa shape index (κ2) is 24.1. The zero-order chi connectivity index (χ0) is 35.4. The number of nitrogens with one attached hydrogen (secondary N) is 6. The first-order valence-corrected chi connectivity index (χ1v) is 16.0. The number of hydrogen-bond donors (Lipinski definition) is 11. The molecule has 268 valence electrons. The molecule has 0 heterocycles. The van der Waals surface area contributed by atoms with E-state index in [4.69, 9.17) is 5.11 Å². The largest absolute Gasteiger partial charge is 0.481 e. The van der Waals surface area contributed by atoms with Gasteiger partial charge < -0.3 is 53.4 Å². The molecule has 5 unspecified atom stereocenters. The van der Waals surface area contributed by atoms with Crippen LogP contribution < -0.4 is 38.1 Å². The van der Waals surface area contributed by atoms with Crippen LogP contribution in [0.15, 0.2) is 0 Å². The van der Waals surface area contributed by atoms with Gasteiger partial charge in [-0.05, 0) is 37.2 Å². The Balaban J connectivity index is 0. The van der Waals surface area contributed by atoms with Crippen molar-refractivity contribution in [3.05, 3.63) is 0 Å². The van der Waals surface area contributed by atoms with Gasteiger partial charge in [0.1, 0.15) is 30.2 Å². The highest BCUT2D eigenvalue weighted by molar-refractivity contribution is 7.98. The molecule has 19 nitrogen and oxygen atoms in total. The number of carbonyl (C=O) groups is 9. The van der Waals surface area contributed by atoms with Gasteiger partial charge in [0, 0.05) is 12.2 Å². The minimum absolute atomic E-state index is 0. The summed E-state index contributed by atoms with van der Waals surface area (Å²) in [6.07, 6.45) is 0.506. The van der Waals surface area contributed by atoms with Gasteiger partial charge in [0.2, 0.25) is 35.9 Å². The Labute approximate surface area is 280 Å². The summed E-state index contributed by atoms with van der Waals surface area (Å²) >= 11 is 5.39. The highest BCUT2D eigenvalue weighted by atomic mass is 32.2. The van der Waals surface area contributed by atoms with Crippen molar-refractivity contribution in [3.63, 3.8) is 0 Å². The molecule has 0 saturated carbocycles. The van der Waals surface area contributed by atoms with Gasteiger partial charge in [0.15, 0.2) is 0 Å². The normalized spacial score (nSPS) is 13.6. The number of hydrogen-bond acceptors (Lipinski definition) is 12. The van der Waals surface area contributed by atoms with Crippen LogP contribution in [0.5, 0.6) is 0 Å². The lowest BCUT2D eigenvalue weighted by Crippen LogP contribution is -2.57. The summed E-state index contributed by atoms with van der Waals surface area (Å²) in [7, 11) is 0. The molecule has 0 aliphatic rings. The van der Waals surface area contributed by atoms with Crippen molar-refractivity contribution in [2.45, 2.75) is 76.2 Å². The van der Waals surface area contributed by atoms with E-state index < -0.39 is 103 Å². The van der Waals surface area contributed by atoms with E-state index in [1.54, 1.807) is 20.1 Å². The monoisotopic (exact) mass is 711 g/mol. The van der Waals surface area contributed by atoms with Crippen LogP contribution in [0.2, 0.25) is 0 Å². The molecule has 0 aromatic rings. The van der Waals surface area contributed by atoms with E-state index >= 15 is 0 Å². The Morgan fingerprint density at radius 2 is 1.30 bits per heavy atom. The standard InChI is InChI=1S/C26H42N6O12S2.H3N/c1-13(2)8-17(26(43)44)32-24(41)15(4-5-20(35)36)30-25(42)18(11-45)29-19(34)10-27-22(39)16(9-21(37)38)31-23(40)14(28-12-33)6-7-46-3;/h12-18,45H,4-11H2,1-3H3,(H,27,39)(H,28,33)(H,29,34)(H,30,42)(H,31,40)(H,32,41)(H,35,36)(H,37,38)(H,43,44);1H3. The fraction of sp³-hybridized carbons (Fsp3) is 0.654. The number of rotatable bonds is 24. The maximum Gasteiger partial charge on any atom is 0.326 e. The van der Waals surface area contributed by atoms with Crippen LogP contribution in [-0.4, -0.2) is 124 Å². The third kappa shape index (κ3) is 19.2. The number of carboxylic acids is 3. The molecule has 21 heteroatoms. The smallest absolute Gasteiger partial charge is 0.326 e. The van der Waals surface area contributed by atoms with Crippen molar-refractivity contribution in [2.75, 3.05) is 24.3 Å². The van der Waals surface area contributed by atoms with Crippen molar-refractivity contribution >= 4 is 78.2 Å². The SMILES string of the molecule is CSCCC(NC=O)C(=O)NC(CC(=O)O)C(=O)NCC(=O)NC(CS)C(=O)NC(CCC(=O)O)C(=O)NC(CC(C)C)C(=O)O.N. The second-order valence-corrected chi connectivity index (χ2v) is 11.7. The number of amides is 6. The molecule has 47 heavy (non-hydrogen) atoms. The molecule has 0 aliphatic heterocycles. The highest BCUT2D eigenvalue weighted by Gasteiger charge is 2.31. The molecule has 0 aromatic carbocycles. The fourth-order valence-electron chi connectivity index (χ4n) is 3.77. The molecular formula is C26H45N7O12S2. The molecule has 0 fully saturated rings. The van der Waals surface area contributed by atoms with Crippen molar-refractivity contribution in [3.8, 4) is 0 Å². The van der Waals surface area contributed by atoms with Crippen molar-refractivity contribution in [1.29, 1.82) is 0 Å². The van der Waals surface area contributed by atoms with Gasteiger partial charge in [-0.25, -0.2) is 4.79 Å². The van der Waals surface area contributed by atoms with Crippen molar-refractivity contribution in [1.82, 2.24) is 38.1 Å². The maximum atomic E-state index is 12.9. The molecule has 0 spiro atoms. The zero-order valence-corrected chi connectivity index (χ0v) is 28.0. The maximum absolute atomic E-state index is 12.9. The predicted molar refractivity (Wildman–Crippen MR) is 172 cm³/mol. The number of aliphatic carboxylic acids is 3. The van der Waals surface area contributed by atoms with Crippen LogP contribution in [0.3, 0.4) is 0 Å². The van der Waals surface area contributed by atoms with Gasteiger partial charge in [-0.1, -0.05) is 13.8 Å². The lowest BCUT2D eigenvalue weighted by Gasteiger charge is -2.24. The molecular weight excluding hydrogens is 666 g/mol. The second-order valence-electron chi connectivity index (χ2n) is 10.3. The van der Waals surface area contributed by atoms with Gasteiger partial charge in [0.05, 0.1) is 13.0 Å². The zero-order valence-electron chi connectivity index (χ0n) is 26.3. The first-order chi connectivity index (χ1) is 21.6. The summed E-state index contributed by atoms with van der Waals surface area (Å²) in [4.78, 5) is 108. The molecule has 0 saturated heterocycles. The first kappa shape index (κ1) is 45.0. The number of carboxylic acid groups (broad SMARTS) is 3. The Bertz CT molecular complexity index is 1110. The van der Waals surface area contributed by atoms with Crippen molar-refractivity contribution < 1.29 is 58.5 Å². The van der Waals surface area contributed by atoms with Crippen LogP contribution in [0.1, 0.15) is 46.0 Å². The van der Waals surface area contributed by atoms with E-state index in [0.29, 0.717) is 5.75 Å². The number of thioether (sulfide) groups is 1. The van der Waals surface area contributed by atoms with Gasteiger partial charge in [-0.15, -0.1) is 0 Å². The summed E-state index contributed by atoms with van der Waals surface area (Å²) in [6.45, 7) is 2.68. The first-order valence-electron chi connectivity index (χ1n) is 14.0. The molecule has 12 N–H and O–H groups in total. The quantitative estimate of drug-likeness (QED) is 0.0364. The minimum atomic E-state index is -1.62. The topological polar surface area (TPSA) is 322 Å². The Kier molecular flexibility index (Phi) is 23.1. The minimum Gasteiger partial charge on any atom is -0.481 e. The van der Waals surface area contributed by atoms with Crippen LogP contribution in [0.4, 0.5) is 0 Å². The summed E-state index contributed by atoms with van der Waals surface area (Å²) in [5, 5.41) is 41.1. The van der Waals surface area contributed by atoms with Gasteiger partial charge in [-0.3, -0.25) is 38.4 Å². The predicted octanol–water partition coefficient (Wildman–Crippen LogP) is -2.53. The van der Waals surface area contributed by atoms with E-state index in [0.717, 1.165) is 0 Å². The fourth-order valence-corrected chi connectivity index (χ4v) is 4.50. The van der Waals surface area contributed by atoms with Crippen molar-refractivity contribution in [2.24, 2.45) is 5.92 Å². The summed E-state index contributed by atoms with van der Waals surface area (Å²) in [5.41, 5.74) is 0. The molecule has 0 aliphatic carbocycles. The van der Waals surface area contributed by atoms with Crippen LogP contribution in [0.25, 0.3) is 0 Å². The van der Waals surface area contributed by atoms with Crippen LogP contribution in [0, 0.1) is 5.92 Å². The molecule has 5 atom stereocenters. The van der Waals surface area contributed by atoms with Crippen LogP contribution in [-0.2, 0) is 43.2 Å². The lowest BCUT2D eigenvalue weighted by atomic mass is 10.0. The highest BCUT2D eigenvalue weighted by Crippen LogP contribution is 2.07. The molecule has 0 aromatic heterocycles. The molecule has 0 radical (unpaired) electrons. The summed E-state index contributed by atoms with van der Waals surface area (Å²) < 4.78 is 0.